The van der Waals surface area contributed by atoms with Crippen LogP contribution in [0.5, 0.6) is 0 Å². The number of rotatable bonds is 3. The van der Waals surface area contributed by atoms with Crippen LogP contribution in [0.1, 0.15) is 54.4 Å². The zero-order valence-corrected chi connectivity index (χ0v) is 14.0. The summed E-state index contributed by atoms with van der Waals surface area (Å²) in [7, 11) is 0. The number of amides is 1. The number of anilines is 1. The van der Waals surface area contributed by atoms with Crippen molar-refractivity contribution in [1.29, 1.82) is 0 Å². The smallest absolute Gasteiger partial charge is 0.253 e. The third kappa shape index (κ3) is 3.09. The van der Waals surface area contributed by atoms with E-state index in [1.54, 1.807) is 0 Å². The predicted molar refractivity (Wildman–Crippen MR) is 93.1 cm³/mol. The van der Waals surface area contributed by atoms with E-state index in [0.29, 0.717) is 18.1 Å². The molecule has 0 aromatic heterocycles. The molecule has 2 N–H and O–H groups in total. The first-order chi connectivity index (χ1) is 11.2. The molecule has 3 aliphatic heterocycles. The van der Waals surface area contributed by atoms with E-state index >= 15 is 0 Å². The van der Waals surface area contributed by atoms with E-state index in [2.05, 4.69) is 40.7 Å². The fourth-order valence-electron chi connectivity index (χ4n) is 4.50. The summed E-state index contributed by atoms with van der Waals surface area (Å²) in [6.07, 6.45) is 7.14. The zero-order chi connectivity index (χ0) is 15.8. The van der Waals surface area contributed by atoms with Crippen LogP contribution in [0, 0.1) is 6.92 Å². The number of nitrogens with one attached hydrogen (secondary N) is 2. The number of aryl methyl sites for hydroxylation is 1. The number of hydrogen-bond acceptors (Lipinski definition) is 3. The van der Waals surface area contributed by atoms with E-state index in [1.165, 1.54) is 25.7 Å². The molecule has 0 spiro atoms. The Labute approximate surface area is 138 Å². The van der Waals surface area contributed by atoms with E-state index in [4.69, 9.17) is 0 Å². The average molecular weight is 313 g/mol. The van der Waals surface area contributed by atoms with E-state index in [0.717, 1.165) is 42.7 Å². The lowest BCUT2D eigenvalue weighted by Gasteiger charge is -2.30. The molecule has 0 radical (unpaired) electrons. The second-order valence-corrected chi connectivity index (χ2v) is 7.49. The molecule has 3 aliphatic rings. The van der Waals surface area contributed by atoms with Crippen molar-refractivity contribution in [3.05, 3.63) is 29.3 Å². The Bertz CT molecular complexity index is 582. The van der Waals surface area contributed by atoms with E-state index < -0.39 is 0 Å². The van der Waals surface area contributed by atoms with Gasteiger partial charge in [-0.1, -0.05) is 11.6 Å². The molecule has 3 heterocycles. The topological polar surface area (TPSA) is 44.4 Å². The highest BCUT2D eigenvalue weighted by atomic mass is 16.1. The molecule has 4 nitrogen and oxygen atoms in total. The van der Waals surface area contributed by atoms with Crippen LogP contribution in [0.15, 0.2) is 18.2 Å². The molecule has 2 unspecified atom stereocenters. The minimum Gasteiger partial charge on any atom is -0.371 e. The minimum atomic E-state index is 0.113. The maximum absolute atomic E-state index is 12.9. The van der Waals surface area contributed by atoms with Crippen LogP contribution >= 0.6 is 0 Å². The molecule has 3 fully saturated rings. The summed E-state index contributed by atoms with van der Waals surface area (Å²) >= 11 is 0. The predicted octanol–water partition coefficient (Wildman–Crippen LogP) is 2.61. The Kier molecular flexibility index (Phi) is 4.02. The van der Waals surface area contributed by atoms with Crippen LogP contribution in [0.2, 0.25) is 0 Å². The lowest BCUT2D eigenvalue weighted by Crippen LogP contribution is -2.48. The lowest BCUT2D eigenvalue weighted by molar-refractivity contribution is 0.0924. The molecular formula is C19H27N3O. The van der Waals surface area contributed by atoms with Crippen molar-refractivity contribution in [3.63, 3.8) is 0 Å². The Hall–Kier alpha value is -1.55. The van der Waals surface area contributed by atoms with Gasteiger partial charge in [0.2, 0.25) is 0 Å². The molecule has 0 aliphatic carbocycles. The van der Waals surface area contributed by atoms with Crippen molar-refractivity contribution < 1.29 is 4.79 Å². The molecule has 2 atom stereocenters. The number of carbonyl (C=O) groups excluding carboxylic acids is 1. The van der Waals surface area contributed by atoms with Crippen LogP contribution in [-0.4, -0.2) is 37.1 Å². The zero-order valence-electron chi connectivity index (χ0n) is 14.0. The normalized spacial score (nSPS) is 29.8. The Morgan fingerprint density at radius 2 is 1.87 bits per heavy atom. The van der Waals surface area contributed by atoms with Gasteiger partial charge in [0.05, 0.1) is 5.56 Å². The van der Waals surface area contributed by atoms with E-state index in [1.807, 2.05) is 0 Å². The molecule has 1 amide bonds. The average Bonchev–Trinajstić information content (AvgIpc) is 3.17. The van der Waals surface area contributed by atoms with Gasteiger partial charge in [-0.2, -0.15) is 0 Å². The van der Waals surface area contributed by atoms with Gasteiger partial charge in [0.15, 0.2) is 0 Å². The highest BCUT2D eigenvalue weighted by Gasteiger charge is 2.34. The lowest BCUT2D eigenvalue weighted by atomic mass is 9.99. The summed E-state index contributed by atoms with van der Waals surface area (Å²) in [4.78, 5) is 15.3. The van der Waals surface area contributed by atoms with Crippen LogP contribution in [0.3, 0.4) is 0 Å². The van der Waals surface area contributed by atoms with E-state index in [9.17, 15) is 4.79 Å². The first kappa shape index (κ1) is 15.0. The molecular weight excluding hydrogens is 286 g/mol. The number of fused-ring (bicyclic) bond motifs is 2. The number of nitrogens with zero attached hydrogens (tertiary/aromatic N) is 1. The molecule has 4 rings (SSSR count). The molecule has 3 saturated heterocycles. The standard InChI is InChI=1S/C19H27N3O/c1-13-4-7-18(22-8-2-3-9-22)17(10-13)19(23)21-16-11-14-5-6-15(12-16)20-14/h4,7,10,14-16,20H,2-3,5-6,8-9,11-12H2,1H3,(H,21,23). The van der Waals surface area contributed by atoms with Gasteiger partial charge in [0.1, 0.15) is 0 Å². The molecule has 124 valence electrons. The maximum Gasteiger partial charge on any atom is 0.253 e. The van der Waals surface area contributed by atoms with Crippen LogP contribution in [-0.2, 0) is 0 Å². The van der Waals surface area contributed by atoms with Gasteiger partial charge in [0, 0.05) is 36.9 Å². The monoisotopic (exact) mass is 313 g/mol. The molecule has 1 aromatic carbocycles. The number of carbonyl (C=O) groups is 1. The highest BCUT2D eigenvalue weighted by Crippen LogP contribution is 2.29. The highest BCUT2D eigenvalue weighted by molar-refractivity contribution is 6.00. The first-order valence-corrected chi connectivity index (χ1v) is 9.11. The van der Waals surface area contributed by atoms with Crippen LogP contribution in [0.25, 0.3) is 0 Å². The summed E-state index contributed by atoms with van der Waals surface area (Å²) in [5, 5.41) is 6.96. The van der Waals surface area contributed by atoms with Gasteiger partial charge in [-0.05, 0) is 57.6 Å². The van der Waals surface area contributed by atoms with Gasteiger partial charge in [-0.3, -0.25) is 4.79 Å². The van der Waals surface area contributed by atoms with Crippen molar-refractivity contribution in [2.75, 3.05) is 18.0 Å². The van der Waals surface area contributed by atoms with Crippen LogP contribution in [0.4, 0.5) is 5.69 Å². The van der Waals surface area contributed by atoms with Crippen molar-refractivity contribution in [3.8, 4) is 0 Å². The van der Waals surface area contributed by atoms with Crippen molar-refractivity contribution >= 4 is 11.6 Å². The molecule has 0 saturated carbocycles. The fraction of sp³-hybridized carbons (Fsp3) is 0.632. The summed E-state index contributed by atoms with van der Waals surface area (Å²) in [6, 6.07) is 7.84. The van der Waals surface area contributed by atoms with E-state index in [-0.39, 0.29) is 5.91 Å². The molecule has 23 heavy (non-hydrogen) atoms. The fourth-order valence-corrected chi connectivity index (χ4v) is 4.50. The second kappa shape index (κ2) is 6.16. The number of hydrogen-bond donors (Lipinski definition) is 2. The number of benzene rings is 1. The van der Waals surface area contributed by atoms with Gasteiger partial charge < -0.3 is 15.5 Å². The maximum atomic E-state index is 12.9. The second-order valence-electron chi connectivity index (χ2n) is 7.49. The van der Waals surface area contributed by atoms with Crippen molar-refractivity contribution in [2.24, 2.45) is 0 Å². The van der Waals surface area contributed by atoms with Crippen LogP contribution < -0.4 is 15.5 Å². The summed E-state index contributed by atoms with van der Waals surface area (Å²) < 4.78 is 0. The Morgan fingerprint density at radius 3 is 2.57 bits per heavy atom. The van der Waals surface area contributed by atoms with Crippen molar-refractivity contribution in [2.45, 2.75) is 63.6 Å². The van der Waals surface area contributed by atoms with Gasteiger partial charge >= 0.3 is 0 Å². The molecule has 1 aromatic rings. The Morgan fingerprint density at radius 1 is 1.17 bits per heavy atom. The van der Waals surface area contributed by atoms with Gasteiger partial charge in [0.25, 0.3) is 5.91 Å². The summed E-state index contributed by atoms with van der Waals surface area (Å²) in [6.45, 7) is 4.21. The third-order valence-electron chi connectivity index (χ3n) is 5.65. The molecule has 2 bridgehead atoms. The molecule has 4 heteroatoms. The largest absolute Gasteiger partial charge is 0.371 e. The SMILES string of the molecule is Cc1ccc(N2CCCC2)c(C(=O)NC2CC3CCC(C2)N3)c1. The summed E-state index contributed by atoms with van der Waals surface area (Å²) in [5.41, 5.74) is 3.13. The van der Waals surface area contributed by atoms with Gasteiger partial charge in [-0.25, -0.2) is 0 Å². The van der Waals surface area contributed by atoms with Crippen molar-refractivity contribution in [1.82, 2.24) is 10.6 Å². The van der Waals surface area contributed by atoms with Gasteiger partial charge in [-0.15, -0.1) is 0 Å². The quantitative estimate of drug-likeness (QED) is 0.901. The first-order valence-electron chi connectivity index (χ1n) is 9.11. The third-order valence-corrected chi connectivity index (χ3v) is 5.65. The Balaban J connectivity index is 1.52. The minimum absolute atomic E-state index is 0.113. The number of piperidine rings is 1. The summed E-state index contributed by atoms with van der Waals surface area (Å²) in [5.74, 6) is 0.113.